The zero-order valence-electron chi connectivity index (χ0n) is 20.0. The molecule has 2 saturated heterocycles. The van der Waals surface area contributed by atoms with Crippen molar-refractivity contribution in [3.8, 4) is 0 Å². The van der Waals surface area contributed by atoms with Gasteiger partial charge in [0, 0.05) is 16.6 Å². The Balaban J connectivity index is 1.51. The molecule has 0 aliphatic carbocycles. The summed E-state index contributed by atoms with van der Waals surface area (Å²) < 4.78 is 40.3. The monoisotopic (exact) mass is 539 g/mol. The molecule has 4 unspecified atom stereocenters. The minimum atomic E-state index is -4.66. The van der Waals surface area contributed by atoms with Gasteiger partial charge in [0.1, 0.15) is 5.54 Å². The second-order valence-electron chi connectivity index (χ2n) is 9.86. The van der Waals surface area contributed by atoms with E-state index < -0.39 is 52.9 Å². The molecule has 3 aromatic carbocycles. The molecule has 0 aromatic heterocycles. The largest absolute Gasteiger partial charge is 0.416 e. The number of rotatable bonds is 3. The number of hydrogen-bond donors (Lipinski definition) is 2. The number of amides is 3. The Morgan fingerprint density at radius 3 is 2.42 bits per heavy atom. The molecule has 3 aliphatic heterocycles. The van der Waals surface area contributed by atoms with Crippen molar-refractivity contribution in [2.75, 3.05) is 10.2 Å². The van der Waals surface area contributed by atoms with Crippen LogP contribution in [-0.4, -0.2) is 23.8 Å². The molecule has 3 heterocycles. The Morgan fingerprint density at radius 2 is 1.71 bits per heavy atom. The van der Waals surface area contributed by atoms with Crippen LogP contribution in [0.15, 0.2) is 66.7 Å². The second-order valence-corrected chi connectivity index (χ2v) is 10.3. The molecular formula is C28H21ClF3N3O3. The highest BCUT2D eigenvalue weighted by atomic mass is 35.5. The van der Waals surface area contributed by atoms with Crippen molar-refractivity contribution in [2.45, 2.75) is 31.1 Å². The first kappa shape index (κ1) is 24.6. The maximum absolute atomic E-state index is 14.0. The summed E-state index contributed by atoms with van der Waals surface area (Å²) in [6, 6.07) is 16.1. The van der Waals surface area contributed by atoms with Crippen LogP contribution >= 0.6 is 11.6 Å². The summed E-state index contributed by atoms with van der Waals surface area (Å²) >= 11 is 6.30. The fraction of sp³-hybridized carbons (Fsp3) is 0.250. The summed E-state index contributed by atoms with van der Waals surface area (Å²) in [4.78, 5) is 42.4. The molecule has 3 aliphatic rings. The quantitative estimate of drug-likeness (QED) is 0.467. The van der Waals surface area contributed by atoms with Crippen LogP contribution in [0.1, 0.15) is 22.3 Å². The van der Waals surface area contributed by atoms with Crippen molar-refractivity contribution < 1.29 is 27.6 Å². The van der Waals surface area contributed by atoms with Gasteiger partial charge in [0.25, 0.3) is 0 Å². The van der Waals surface area contributed by atoms with Crippen molar-refractivity contribution >= 4 is 40.7 Å². The van der Waals surface area contributed by atoms with E-state index in [0.717, 1.165) is 28.7 Å². The standard InChI is InChI=1S/C28H21ClF3N3O3/c1-14-19(29)11-10-18-23(14)33-26(38)27(18)22-21(20(34-27)12-15-6-3-2-4-7-15)24(36)35(25(22)37)17-9-5-8-16(13-17)28(30,31)32/h2-11,13,20-22,34H,12H2,1H3,(H,33,38). The van der Waals surface area contributed by atoms with Gasteiger partial charge in [-0.3, -0.25) is 19.7 Å². The maximum atomic E-state index is 14.0. The van der Waals surface area contributed by atoms with E-state index in [0.29, 0.717) is 28.3 Å². The highest BCUT2D eigenvalue weighted by Gasteiger charge is 2.70. The van der Waals surface area contributed by atoms with Crippen LogP contribution in [-0.2, 0) is 32.5 Å². The maximum Gasteiger partial charge on any atom is 0.416 e. The summed E-state index contributed by atoms with van der Waals surface area (Å²) in [6.45, 7) is 1.74. The Bertz CT molecular complexity index is 1510. The third-order valence-corrected chi connectivity index (χ3v) is 8.22. The van der Waals surface area contributed by atoms with Crippen molar-refractivity contribution in [3.63, 3.8) is 0 Å². The number of nitrogens with one attached hydrogen (secondary N) is 2. The number of carbonyl (C=O) groups is 3. The van der Waals surface area contributed by atoms with Crippen molar-refractivity contribution in [1.29, 1.82) is 0 Å². The summed E-state index contributed by atoms with van der Waals surface area (Å²) in [5.41, 5.74) is -0.291. The molecule has 3 aromatic rings. The predicted octanol–water partition coefficient (Wildman–Crippen LogP) is 4.83. The summed E-state index contributed by atoms with van der Waals surface area (Å²) in [7, 11) is 0. The van der Waals surface area contributed by atoms with Gasteiger partial charge < -0.3 is 5.32 Å². The third-order valence-electron chi connectivity index (χ3n) is 7.81. The molecule has 6 nitrogen and oxygen atoms in total. The number of benzene rings is 3. The normalized spacial score (nSPS) is 26.2. The highest BCUT2D eigenvalue weighted by molar-refractivity contribution is 6.32. The molecule has 194 valence electrons. The van der Waals surface area contributed by atoms with Crippen LogP contribution in [0.25, 0.3) is 0 Å². The van der Waals surface area contributed by atoms with E-state index in [1.165, 1.54) is 6.07 Å². The molecule has 1 spiro atoms. The van der Waals surface area contributed by atoms with E-state index in [4.69, 9.17) is 11.6 Å². The molecule has 6 rings (SSSR count). The van der Waals surface area contributed by atoms with Gasteiger partial charge in [0.15, 0.2) is 0 Å². The Labute approximate surface area is 220 Å². The van der Waals surface area contributed by atoms with E-state index in [-0.39, 0.29) is 5.69 Å². The third kappa shape index (κ3) is 3.41. The Morgan fingerprint density at radius 1 is 0.974 bits per heavy atom. The molecule has 3 amide bonds. The lowest BCUT2D eigenvalue weighted by molar-refractivity contribution is -0.137. The SMILES string of the molecule is Cc1c(Cl)ccc2c1NC(=O)C21NC(Cc2ccccc2)C2C(=O)N(c3cccc(C(F)(F)F)c3)C(=O)C21. The number of hydrogen-bond acceptors (Lipinski definition) is 4. The second kappa shape index (κ2) is 8.41. The van der Waals surface area contributed by atoms with Crippen LogP contribution in [0, 0.1) is 18.8 Å². The van der Waals surface area contributed by atoms with E-state index in [9.17, 15) is 27.6 Å². The molecule has 38 heavy (non-hydrogen) atoms. The van der Waals surface area contributed by atoms with E-state index in [2.05, 4.69) is 10.6 Å². The van der Waals surface area contributed by atoms with Crippen molar-refractivity contribution in [2.24, 2.45) is 11.8 Å². The minimum absolute atomic E-state index is 0.177. The average molecular weight is 540 g/mol. The van der Waals surface area contributed by atoms with Crippen LogP contribution < -0.4 is 15.5 Å². The fourth-order valence-electron chi connectivity index (χ4n) is 6.11. The first-order valence-corrected chi connectivity index (χ1v) is 12.4. The van der Waals surface area contributed by atoms with Gasteiger partial charge in [-0.15, -0.1) is 0 Å². The summed E-state index contributed by atoms with van der Waals surface area (Å²) in [5, 5.41) is 6.60. The molecule has 0 saturated carbocycles. The predicted molar refractivity (Wildman–Crippen MR) is 134 cm³/mol. The van der Waals surface area contributed by atoms with Gasteiger partial charge in [0.2, 0.25) is 17.7 Å². The van der Waals surface area contributed by atoms with Gasteiger partial charge >= 0.3 is 6.18 Å². The number of anilines is 2. The first-order chi connectivity index (χ1) is 18.0. The van der Waals surface area contributed by atoms with Gasteiger partial charge in [0.05, 0.1) is 28.8 Å². The zero-order chi connectivity index (χ0) is 27.0. The lowest BCUT2D eigenvalue weighted by Crippen LogP contribution is -2.53. The average Bonchev–Trinajstić information content (AvgIpc) is 3.46. The smallest absolute Gasteiger partial charge is 0.324 e. The number of fused-ring (bicyclic) bond motifs is 4. The van der Waals surface area contributed by atoms with E-state index in [1.807, 2.05) is 30.3 Å². The Hall–Kier alpha value is -3.69. The molecule has 0 radical (unpaired) electrons. The van der Waals surface area contributed by atoms with Gasteiger partial charge in [-0.25, -0.2) is 4.90 Å². The molecule has 10 heteroatoms. The van der Waals surface area contributed by atoms with Crippen LogP contribution in [0.2, 0.25) is 5.02 Å². The molecular weight excluding hydrogens is 519 g/mol. The van der Waals surface area contributed by atoms with Gasteiger partial charge in [-0.1, -0.05) is 54.1 Å². The fourth-order valence-corrected chi connectivity index (χ4v) is 6.27. The lowest BCUT2D eigenvalue weighted by Gasteiger charge is -2.30. The van der Waals surface area contributed by atoms with Crippen LogP contribution in [0.5, 0.6) is 0 Å². The number of halogens is 4. The topological polar surface area (TPSA) is 78.5 Å². The lowest BCUT2D eigenvalue weighted by atomic mass is 9.76. The van der Waals surface area contributed by atoms with Crippen molar-refractivity contribution in [1.82, 2.24) is 5.32 Å². The zero-order valence-corrected chi connectivity index (χ0v) is 20.7. The molecule has 0 bridgehead atoms. The van der Waals surface area contributed by atoms with Gasteiger partial charge in [-0.2, -0.15) is 13.2 Å². The highest BCUT2D eigenvalue weighted by Crippen LogP contribution is 2.55. The molecule has 4 atom stereocenters. The van der Waals surface area contributed by atoms with Crippen molar-refractivity contribution in [3.05, 3.63) is 94.0 Å². The minimum Gasteiger partial charge on any atom is -0.324 e. The number of alkyl halides is 3. The van der Waals surface area contributed by atoms with Crippen LogP contribution in [0.3, 0.4) is 0 Å². The number of imide groups is 1. The molecule has 2 N–H and O–H groups in total. The van der Waals surface area contributed by atoms with Crippen LogP contribution in [0.4, 0.5) is 24.5 Å². The number of nitrogens with zero attached hydrogens (tertiary/aromatic N) is 1. The van der Waals surface area contributed by atoms with E-state index in [1.54, 1.807) is 19.1 Å². The molecule has 2 fully saturated rings. The van der Waals surface area contributed by atoms with Gasteiger partial charge in [-0.05, 0) is 48.7 Å². The number of carbonyl (C=O) groups excluding carboxylic acids is 3. The Kier molecular flexibility index (Phi) is 5.45. The van der Waals surface area contributed by atoms with E-state index >= 15 is 0 Å². The summed E-state index contributed by atoms with van der Waals surface area (Å²) in [6.07, 6.45) is -4.33. The summed E-state index contributed by atoms with van der Waals surface area (Å²) in [5.74, 6) is -4.02. The first-order valence-electron chi connectivity index (χ1n) is 12.0.